The van der Waals surface area contributed by atoms with Gasteiger partial charge in [-0.25, -0.2) is 4.79 Å². The van der Waals surface area contributed by atoms with Crippen LogP contribution < -0.4 is 14.8 Å². The van der Waals surface area contributed by atoms with Gasteiger partial charge in [-0.15, -0.1) is 11.3 Å². The first-order valence-electron chi connectivity index (χ1n) is 11.9. The van der Waals surface area contributed by atoms with Crippen molar-refractivity contribution in [3.8, 4) is 11.5 Å². The van der Waals surface area contributed by atoms with Gasteiger partial charge in [0.05, 0.1) is 24.2 Å². The molecule has 1 N–H and O–H groups in total. The minimum atomic E-state index is -0.414. The molecule has 0 bridgehead atoms. The van der Waals surface area contributed by atoms with Crippen molar-refractivity contribution in [2.24, 2.45) is 5.92 Å². The number of nitrogens with zero attached hydrogens (tertiary/aromatic N) is 1. The second-order valence-corrected chi connectivity index (χ2v) is 11.5. The van der Waals surface area contributed by atoms with E-state index in [0.717, 1.165) is 35.3 Å². The summed E-state index contributed by atoms with van der Waals surface area (Å²) in [6.45, 7) is 3.94. The number of carbonyl (C=O) groups is 3. The second kappa shape index (κ2) is 11.7. The van der Waals surface area contributed by atoms with Crippen LogP contribution in [0.1, 0.15) is 46.6 Å². The van der Waals surface area contributed by atoms with Crippen LogP contribution in [0.4, 0.5) is 5.00 Å². The largest absolute Gasteiger partial charge is 0.493 e. The number of hydrogen-bond acceptors (Lipinski definition) is 9. The maximum atomic E-state index is 12.8. The Labute approximate surface area is 229 Å². The number of nitrogens with one attached hydrogen (secondary N) is 1. The van der Waals surface area contributed by atoms with Crippen LogP contribution in [0.3, 0.4) is 0 Å². The molecule has 2 aliphatic rings. The highest BCUT2D eigenvalue weighted by Gasteiger charge is 2.30. The van der Waals surface area contributed by atoms with Crippen LogP contribution in [-0.2, 0) is 27.2 Å². The molecule has 1 unspecified atom stereocenters. The molecular weight excluding hydrogens is 532 g/mol. The summed E-state index contributed by atoms with van der Waals surface area (Å²) in [6.07, 6.45) is 4.40. The van der Waals surface area contributed by atoms with Gasteiger partial charge >= 0.3 is 5.97 Å². The van der Waals surface area contributed by atoms with Crippen LogP contribution in [0, 0.1) is 5.92 Å². The van der Waals surface area contributed by atoms with Gasteiger partial charge in [-0.1, -0.05) is 37.0 Å². The summed E-state index contributed by atoms with van der Waals surface area (Å²) in [5.74, 6) is 0.363. The van der Waals surface area contributed by atoms with Gasteiger partial charge in [0.1, 0.15) is 9.32 Å². The lowest BCUT2D eigenvalue weighted by Crippen LogP contribution is -2.22. The number of carbonyl (C=O) groups excluding carboxylic acids is 3. The molecule has 1 aliphatic carbocycles. The molecule has 1 saturated heterocycles. The monoisotopic (exact) mass is 560 g/mol. The molecule has 4 rings (SSSR count). The summed E-state index contributed by atoms with van der Waals surface area (Å²) in [5, 5.41) is 3.35. The lowest BCUT2D eigenvalue weighted by molar-refractivity contribution is -0.121. The molecule has 37 heavy (non-hydrogen) atoms. The summed E-state index contributed by atoms with van der Waals surface area (Å²) in [6, 6.07) is 5.17. The quantitative estimate of drug-likeness (QED) is 0.277. The molecule has 2 amide bonds. The number of anilines is 1. The molecule has 196 valence electrons. The van der Waals surface area contributed by atoms with E-state index in [1.54, 1.807) is 38.2 Å². The third-order valence-corrected chi connectivity index (χ3v) is 8.73. The smallest absolute Gasteiger partial charge is 0.341 e. The van der Waals surface area contributed by atoms with Crippen molar-refractivity contribution in [1.82, 2.24) is 4.90 Å². The van der Waals surface area contributed by atoms with Crippen molar-refractivity contribution in [2.45, 2.75) is 33.1 Å². The maximum Gasteiger partial charge on any atom is 0.341 e. The van der Waals surface area contributed by atoms with Gasteiger partial charge in [-0.05, 0) is 61.4 Å². The molecule has 11 heteroatoms. The second-order valence-electron chi connectivity index (χ2n) is 8.76. The fraction of sp³-hybridized carbons (Fsp3) is 0.385. The Kier molecular flexibility index (Phi) is 8.56. The van der Waals surface area contributed by atoms with Crippen molar-refractivity contribution in [3.05, 3.63) is 44.7 Å². The summed E-state index contributed by atoms with van der Waals surface area (Å²) in [5.41, 5.74) is 2.18. The van der Waals surface area contributed by atoms with Crippen molar-refractivity contribution < 1.29 is 28.6 Å². The Morgan fingerprint density at radius 2 is 2.08 bits per heavy atom. The number of likely N-dealkylation sites (N-methyl/N-ethyl adjacent to an activating group) is 1. The molecule has 1 fully saturated rings. The molecule has 1 aromatic carbocycles. The molecule has 0 radical (unpaired) electrons. The predicted molar refractivity (Wildman–Crippen MR) is 150 cm³/mol. The fourth-order valence-corrected chi connectivity index (χ4v) is 6.75. The molecule has 2 aromatic rings. The third kappa shape index (κ3) is 6.00. The van der Waals surface area contributed by atoms with Gasteiger partial charge < -0.3 is 19.5 Å². The lowest BCUT2D eigenvalue weighted by Gasteiger charge is -2.18. The Morgan fingerprint density at radius 1 is 1.30 bits per heavy atom. The van der Waals surface area contributed by atoms with Crippen LogP contribution in [0.2, 0.25) is 0 Å². The van der Waals surface area contributed by atoms with Crippen molar-refractivity contribution in [3.63, 3.8) is 0 Å². The lowest BCUT2D eigenvalue weighted by atomic mass is 9.88. The van der Waals surface area contributed by atoms with E-state index < -0.39 is 11.9 Å². The van der Waals surface area contributed by atoms with E-state index in [9.17, 15) is 14.4 Å². The first-order valence-corrected chi connectivity index (χ1v) is 13.9. The molecule has 1 atom stereocenters. The van der Waals surface area contributed by atoms with Gasteiger partial charge in [0.15, 0.2) is 18.1 Å². The van der Waals surface area contributed by atoms with E-state index in [2.05, 4.69) is 12.2 Å². The van der Waals surface area contributed by atoms with Crippen molar-refractivity contribution in [2.75, 3.05) is 32.7 Å². The zero-order valence-corrected chi connectivity index (χ0v) is 23.5. The number of benzene rings is 1. The highest BCUT2D eigenvalue weighted by molar-refractivity contribution is 8.26. The number of rotatable bonds is 8. The number of fused-ring (bicyclic) bond motifs is 1. The minimum absolute atomic E-state index is 0.155. The Bertz CT molecular complexity index is 1290. The standard InChI is InChI=1S/C26H28N2O6S3/c1-5-33-25(31)22-16-8-6-14(2)10-19(16)36-23(22)27-21(29)13-34-17-9-7-15(11-18(17)32-4)12-20-24(30)28(3)26(35)37-20/h7,9,11-12,14H,5-6,8,10,13H2,1-4H3,(H,27,29)/b20-12-. The van der Waals surface area contributed by atoms with E-state index >= 15 is 0 Å². The van der Waals surface area contributed by atoms with E-state index in [1.165, 1.54) is 35.1 Å². The van der Waals surface area contributed by atoms with Gasteiger partial charge in [-0.3, -0.25) is 14.5 Å². The van der Waals surface area contributed by atoms with Crippen LogP contribution in [0.5, 0.6) is 11.5 Å². The highest BCUT2D eigenvalue weighted by atomic mass is 32.2. The number of methoxy groups -OCH3 is 1. The molecule has 2 heterocycles. The number of thioether (sulfide) groups is 1. The number of thiophene rings is 1. The maximum absolute atomic E-state index is 12.8. The van der Waals surface area contributed by atoms with Crippen molar-refractivity contribution >= 4 is 68.5 Å². The number of thiocarbonyl (C=S) groups is 1. The third-order valence-electron chi connectivity index (χ3n) is 6.07. The highest BCUT2D eigenvalue weighted by Crippen LogP contribution is 2.40. The number of amides is 2. The number of esters is 1. The molecule has 0 saturated carbocycles. The molecule has 1 aromatic heterocycles. The van der Waals surface area contributed by atoms with Gasteiger partial charge in [0.2, 0.25) is 0 Å². The zero-order valence-electron chi connectivity index (χ0n) is 21.0. The van der Waals surface area contributed by atoms with E-state index in [-0.39, 0.29) is 19.1 Å². The zero-order chi connectivity index (χ0) is 26.7. The van der Waals surface area contributed by atoms with E-state index in [1.807, 2.05) is 0 Å². The minimum Gasteiger partial charge on any atom is -0.493 e. The van der Waals surface area contributed by atoms with Crippen LogP contribution in [0.15, 0.2) is 23.1 Å². The van der Waals surface area contributed by atoms with E-state index in [0.29, 0.717) is 37.2 Å². The Morgan fingerprint density at radius 3 is 2.76 bits per heavy atom. The van der Waals surface area contributed by atoms with Gasteiger partial charge in [0.25, 0.3) is 11.8 Å². The topological polar surface area (TPSA) is 94.2 Å². The van der Waals surface area contributed by atoms with E-state index in [4.69, 9.17) is 26.4 Å². The van der Waals surface area contributed by atoms with Gasteiger partial charge in [0, 0.05) is 11.9 Å². The average molecular weight is 561 g/mol. The summed E-state index contributed by atoms with van der Waals surface area (Å²) in [4.78, 5) is 40.8. The van der Waals surface area contributed by atoms with Crippen LogP contribution in [-0.4, -0.2) is 54.4 Å². The number of ether oxygens (including phenoxy) is 3. The Hall–Kier alpha value is -2.89. The van der Waals surface area contributed by atoms with Crippen LogP contribution in [0.25, 0.3) is 6.08 Å². The molecule has 0 spiro atoms. The summed E-state index contributed by atoms with van der Waals surface area (Å²) >= 11 is 7.84. The molecular formula is C26H28N2O6S3. The summed E-state index contributed by atoms with van der Waals surface area (Å²) < 4.78 is 16.9. The summed E-state index contributed by atoms with van der Waals surface area (Å²) in [7, 11) is 3.14. The Balaban J connectivity index is 1.46. The average Bonchev–Trinajstić information content (AvgIpc) is 3.34. The first kappa shape index (κ1) is 27.2. The predicted octanol–water partition coefficient (Wildman–Crippen LogP) is 4.91. The van der Waals surface area contributed by atoms with Gasteiger partial charge in [-0.2, -0.15) is 0 Å². The first-order chi connectivity index (χ1) is 17.7. The fourth-order valence-electron chi connectivity index (χ4n) is 4.15. The van der Waals surface area contributed by atoms with Crippen LogP contribution >= 0.6 is 35.3 Å². The normalized spacial score (nSPS) is 18.1. The molecule has 1 aliphatic heterocycles. The molecule has 8 nitrogen and oxygen atoms in total. The SMILES string of the molecule is CCOC(=O)c1c(NC(=O)COc2ccc(/C=C3\SC(=S)N(C)C3=O)cc2OC)sc2c1CCC(C)C2. The number of hydrogen-bond donors (Lipinski definition) is 1. The van der Waals surface area contributed by atoms with Crippen molar-refractivity contribution in [1.29, 1.82) is 0 Å².